The van der Waals surface area contributed by atoms with Crippen molar-refractivity contribution in [2.45, 2.75) is 31.1 Å². The average molecular weight is 368 g/mol. The highest BCUT2D eigenvalue weighted by atomic mass is 35.5. The van der Waals surface area contributed by atoms with Gasteiger partial charge in [-0.1, -0.05) is 60.1 Å². The van der Waals surface area contributed by atoms with Crippen molar-refractivity contribution in [2.24, 2.45) is 0 Å². The number of halogens is 1. The Balaban J connectivity index is 1.89. The van der Waals surface area contributed by atoms with Gasteiger partial charge in [0.15, 0.2) is 0 Å². The zero-order valence-corrected chi connectivity index (χ0v) is 15.1. The maximum absolute atomic E-state index is 12.2. The number of aliphatic hydroxyl groups is 1. The molecule has 2 aromatic rings. The predicted octanol–water partition coefficient (Wildman–Crippen LogP) is 3.14. The minimum atomic E-state index is -3.57. The molecule has 0 aromatic heterocycles. The molecule has 4 nitrogen and oxygen atoms in total. The van der Waals surface area contributed by atoms with Crippen molar-refractivity contribution < 1.29 is 13.5 Å². The molecule has 0 saturated heterocycles. The summed E-state index contributed by atoms with van der Waals surface area (Å²) in [7, 11) is -3.57. The van der Waals surface area contributed by atoms with E-state index in [0.29, 0.717) is 23.4 Å². The van der Waals surface area contributed by atoms with Crippen LogP contribution in [0.1, 0.15) is 24.5 Å². The second kappa shape index (κ2) is 8.12. The molecule has 0 aliphatic heterocycles. The lowest BCUT2D eigenvalue weighted by Gasteiger charge is -2.23. The lowest BCUT2D eigenvalue weighted by Crippen LogP contribution is -2.41. The van der Waals surface area contributed by atoms with E-state index in [-0.39, 0.29) is 12.3 Å². The van der Waals surface area contributed by atoms with Crippen LogP contribution in [-0.2, 0) is 22.2 Å². The van der Waals surface area contributed by atoms with Crippen molar-refractivity contribution >= 4 is 21.6 Å². The Bertz CT molecular complexity index is 761. The average Bonchev–Trinajstić information content (AvgIpc) is 2.55. The van der Waals surface area contributed by atoms with E-state index in [9.17, 15) is 13.5 Å². The largest absolute Gasteiger partial charge is 0.389 e. The molecule has 1 atom stereocenters. The Morgan fingerprint density at radius 2 is 1.71 bits per heavy atom. The zero-order chi connectivity index (χ0) is 17.6. The van der Waals surface area contributed by atoms with E-state index in [0.717, 1.165) is 5.56 Å². The Morgan fingerprint density at radius 3 is 2.38 bits per heavy atom. The van der Waals surface area contributed by atoms with E-state index in [1.165, 1.54) is 0 Å². The van der Waals surface area contributed by atoms with Crippen LogP contribution in [0.2, 0.25) is 5.02 Å². The molecule has 6 heteroatoms. The molecule has 2 rings (SSSR count). The van der Waals surface area contributed by atoms with Crippen LogP contribution in [0.4, 0.5) is 0 Å². The number of hydrogen-bond acceptors (Lipinski definition) is 3. The third kappa shape index (κ3) is 6.24. The van der Waals surface area contributed by atoms with E-state index < -0.39 is 15.6 Å². The summed E-state index contributed by atoms with van der Waals surface area (Å²) in [4.78, 5) is 0. The van der Waals surface area contributed by atoms with Crippen LogP contribution in [0.25, 0.3) is 0 Å². The molecule has 0 fully saturated rings. The maximum Gasteiger partial charge on any atom is 0.215 e. The first kappa shape index (κ1) is 18.9. The second-order valence-electron chi connectivity index (χ2n) is 6.15. The van der Waals surface area contributed by atoms with Gasteiger partial charge in [-0.25, -0.2) is 13.1 Å². The van der Waals surface area contributed by atoms with Gasteiger partial charge in [-0.15, -0.1) is 0 Å². The van der Waals surface area contributed by atoms with Gasteiger partial charge in [-0.2, -0.15) is 0 Å². The number of rotatable bonds is 8. The monoisotopic (exact) mass is 367 g/mol. The lowest BCUT2D eigenvalue weighted by molar-refractivity contribution is 0.0565. The number of benzene rings is 2. The van der Waals surface area contributed by atoms with Crippen LogP contribution in [-0.4, -0.2) is 25.7 Å². The van der Waals surface area contributed by atoms with E-state index in [2.05, 4.69) is 4.72 Å². The fourth-order valence-electron chi connectivity index (χ4n) is 2.28. The van der Waals surface area contributed by atoms with Crippen LogP contribution in [0, 0.1) is 0 Å². The van der Waals surface area contributed by atoms with Gasteiger partial charge in [0.1, 0.15) is 0 Å². The summed E-state index contributed by atoms with van der Waals surface area (Å²) in [5.41, 5.74) is 0.524. The van der Waals surface area contributed by atoms with Crippen LogP contribution in [0.3, 0.4) is 0 Å². The quantitative estimate of drug-likeness (QED) is 0.753. The van der Waals surface area contributed by atoms with E-state index in [4.69, 9.17) is 11.6 Å². The maximum atomic E-state index is 12.2. The van der Waals surface area contributed by atoms with Crippen LogP contribution >= 0.6 is 11.6 Å². The molecule has 0 spiro atoms. The summed E-state index contributed by atoms with van der Waals surface area (Å²) in [6.45, 7) is 1.60. The minimum absolute atomic E-state index is 0.0351. The van der Waals surface area contributed by atoms with Gasteiger partial charge < -0.3 is 5.11 Å². The highest BCUT2D eigenvalue weighted by molar-refractivity contribution is 7.88. The lowest BCUT2D eigenvalue weighted by atomic mass is 9.97. The van der Waals surface area contributed by atoms with Crippen LogP contribution in [0.5, 0.6) is 0 Å². The molecule has 0 heterocycles. The molecule has 0 aliphatic carbocycles. The molecule has 0 saturated carbocycles. The fourth-order valence-corrected chi connectivity index (χ4v) is 3.86. The summed E-state index contributed by atoms with van der Waals surface area (Å²) in [5, 5.41) is 10.8. The number of nitrogens with one attached hydrogen (secondary N) is 1. The topological polar surface area (TPSA) is 66.4 Å². The van der Waals surface area contributed by atoms with E-state index >= 15 is 0 Å². The van der Waals surface area contributed by atoms with Crippen molar-refractivity contribution in [3.8, 4) is 0 Å². The predicted molar refractivity (Wildman–Crippen MR) is 97.5 cm³/mol. The summed E-state index contributed by atoms with van der Waals surface area (Å²) < 4.78 is 26.9. The normalized spacial score (nSPS) is 14.3. The first-order valence-electron chi connectivity index (χ1n) is 7.74. The van der Waals surface area contributed by atoms with Gasteiger partial charge in [-0.05, 0) is 37.0 Å². The molecular formula is C18H22ClNO3S. The minimum Gasteiger partial charge on any atom is -0.389 e. The Kier molecular flexibility index (Phi) is 6.40. The Labute approximate surface area is 148 Å². The molecule has 24 heavy (non-hydrogen) atoms. The second-order valence-corrected chi connectivity index (χ2v) is 8.37. The van der Waals surface area contributed by atoms with Crippen molar-refractivity contribution in [3.63, 3.8) is 0 Å². The molecule has 2 N–H and O–H groups in total. The molecule has 1 unspecified atom stereocenters. The SMILES string of the molecule is CC(O)(CCc1ccccc1)CNS(=O)(=O)Cc1ccccc1Cl. The highest BCUT2D eigenvalue weighted by Crippen LogP contribution is 2.18. The summed E-state index contributed by atoms with van der Waals surface area (Å²) in [5.74, 6) is -0.207. The summed E-state index contributed by atoms with van der Waals surface area (Å²) in [6, 6.07) is 16.6. The number of aryl methyl sites for hydroxylation is 1. The third-order valence-corrected chi connectivity index (χ3v) is 5.42. The third-order valence-electron chi connectivity index (χ3n) is 3.77. The molecule has 0 aliphatic rings. The van der Waals surface area contributed by atoms with Crippen molar-refractivity contribution in [1.82, 2.24) is 4.72 Å². The molecule has 2 aromatic carbocycles. The number of hydrogen-bond donors (Lipinski definition) is 2. The van der Waals surface area contributed by atoms with Crippen molar-refractivity contribution in [1.29, 1.82) is 0 Å². The zero-order valence-electron chi connectivity index (χ0n) is 13.6. The Morgan fingerprint density at radius 1 is 1.08 bits per heavy atom. The molecular weight excluding hydrogens is 346 g/mol. The van der Waals surface area contributed by atoms with Crippen molar-refractivity contribution in [3.05, 3.63) is 70.7 Å². The first-order valence-corrected chi connectivity index (χ1v) is 9.77. The fraction of sp³-hybridized carbons (Fsp3) is 0.333. The molecule has 0 amide bonds. The standard InChI is InChI=1S/C18H22ClNO3S/c1-18(21,12-11-15-7-3-2-4-8-15)14-20-24(22,23)13-16-9-5-6-10-17(16)19/h2-10,20-21H,11-14H2,1H3. The Hall–Kier alpha value is -1.40. The van der Waals surface area contributed by atoms with Gasteiger partial charge in [0, 0.05) is 11.6 Å². The smallest absolute Gasteiger partial charge is 0.215 e. The molecule has 0 bridgehead atoms. The summed E-state index contributed by atoms with van der Waals surface area (Å²) in [6.07, 6.45) is 1.14. The number of sulfonamides is 1. The molecule has 130 valence electrons. The van der Waals surface area contributed by atoms with E-state index in [1.807, 2.05) is 30.3 Å². The van der Waals surface area contributed by atoms with Gasteiger partial charge >= 0.3 is 0 Å². The van der Waals surface area contributed by atoms with Gasteiger partial charge in [-0.3, -0.25) is 0 Å². The van der Waals surface area contributed by atoms with Gasteiger partial charge in [0.25, 0.3) is 0 Å². The van der Waals surface area contributed by atoms with Crippen LogP contribution < -0.4 is 4.72 Å². The first-order chi connectivity index (χ1) is 11.3. The summed E-state index contributed by atoms with van der Waals surface area (Å²) >= 11 is 6.00. The van der Waals surface area contributed by atoms with Gasteiger partial charge in [0.05, 0.1) is 11.4 Å². The van der Waals surface area contributed by atoms with Gasteiger partial charge in [0.2, 0.25) is 10.0 Å². The van der Waals surface area contributed by atoms with Crippen LogP contribution in [0.15, 0.2) is 54.6 Å². The molecule has 0 radical (unpaired) electrons. The van der Waals surface area contributed by atoms with Crippen molar-refractivity contribution in [2.75, 3.05) is 6.54 Å². The van der Waals surface area contributed by atoms with E-state index in [1.54, 1.807) is 31.2 Å². The highest BCUT2D eigenvalue weighted by Gasteiger charge is 2.23.